The maximum atomic E-state index is 12.3. The van der Waals surface area contributed by atoms with E-state index in [0.29, 0.717) is 11.4 Å². The minimum absolute atomic E-state index is 0.154. The van der Waals surface area contributed by atoms with E-state index in [9.17, 15) is 4.79 Å². The van der Waals surface area contributed by atoms with Crippen LogP contribution in [0.5, 0.6) is 0 Å². The number of halogens is 1. The Morgan fingerprint density at radius 2 is 1.94 bits per heavy atom. The van der Waals surface area contributed by atoms with Gasteiger partial charge in [-0.15, -0.1) is 5.10 Å². The van der Waals surface area contributed by atoms with Gasteiger partial charge in [0.05, 0.1) is 10.0 Å². The van der Waals surface area contributed by atoms with Crippen molar-refractivity contribution in [1.29, 1.82) is 0 Å². The van der Waals surface area contributed by atoms with Crippen LogP contribution in [0.15, 0.2) is 71.2 Å². The number of nitrogens with zero attached hydrogens (tertiary/aromatic N) is 3. The molecule has 5 rings (SSSR count). The van der Waals surface area contributed by atoms with Gasteiger partial charge in [0.2, 0.25) is 0 Å². The van der Waals surface area contributed by atoms with Crippen molar-refractivity contribution >= 4 is 44.0 Å². The van der Waals surface area contributed by atoms with Gasteiger partial charge in [0.15, 0.2) is 18.3 Å². The second-order valence-corrected chi connectivity index (χ2v) is 8.23. The number of rotatable bonds is 7. The number of carbonyl (C=O) groups is 1. The number of ether oxygens (including phenoxy) is 2. The lowest BCUT2D eigenvalue weighted by Crippen LogP contribution is -2.13. The molecule has 0 fully saturated rings. The largest absolute Gasteiger partial charge is 0.435 e. The molecule has 0 spiro atoms. The zero-order chi connectivity index (χ0) is 22.8. The van der Waals surface area contributed by atoms with Crippen LogP contribution >= 0.6 is 15.9 Å². The molecule has 0 aliphatic carbocycles. The molecular formula is C24H20BrN5O3. The summed E-state index contributed by atoms with van der Waals surface area (Å²) in [4.78, 5) is 16.9. The van der Waals surface area contributed by atoms with Gasteiger partial charge in [-0.1, -0.05) is 42.5 Å². The average Bonchev–Trinajstić information content (AvgIpc) is 3.37. The molecular weight excluding hydrogens is 486 g/mol. The maximum Gasteiger partial charge on any atom is 0.340 e. The number of nitrogens with one attached hydrogen (secondary N) is 2. The molecule has 5 aromatic rings. The van der Waals surface area contributed by atoms with Gasteiger partial charge < -0.3 is 14.8 Å². The number of hydrogen-bond donors (Lipinski definition) is 2. The van der Waals surface area contributed by atoms with E-state index in [1.54, 1.807) is 10.7 Å². The topological polar surface area (TPSA) is 93.5 Å². The Morgan fingerprint density at radius 3 is 2.79 bits per heavy atom. The van der Waals surface area contributed by atoms with Crippen LogP contribution in [0.3, 0.4) is 0 Å². The minimum atomic E-state index is -0.425. The highest BCUT2D eigenvalue weighted by Crippen LogP contribution is 2.25. The molecule has 0 radical (unpaired) electrons. The van der Waals surface area contributed by atoms with Gasteiger partial charge in [-0.2, -0.15) is 4.63 Å². The molecule has 0 aliphatic heterocycles. The van der Waals surface area contributed by atoms with Gasteiger partial charge in [-0.05, 0) is 57.9 Å². The van der Waals surface area contributed by atoms with Crippen molar-refractivity contribution in [3.63, 3.8) is 0 Å². The predicted octanol–water partition coefficient (Wildman–Crippen LogP) is 5.15. The molecule has 8 nitrogen and oxygen atoms in total. The number of benzene rings is 3. The van der Waals surface area contributed by atoms with E-state index in [1.807, 2.05) is 67.6 Å². The third kappa shape index (κ3) is 4.46. The third-order valence-electron chi connectivity index (χ3n) is 5.16. The Labute approximate surface area is 197 Å². The first kappa shape index (κ1) is 21.2. The average molecular weight is 506 g/mol. The van der Waals surface area contributed by atoms with Crippen molar-refractivity contribution in [3.8, 4) is 11.4 Å². The molecule has 9 heteroatoms. The Balaban J connectivity index is 1.14. The lowest BCUT2D eigenvalue weighted by molar-refractivity contribution is -0.0259. The third-order valence-corrected chi connectivity index (χ3v) is 6.11. The van der Waals surface area contributed by atoms with Crippen molar-refractivity contribution in [2.45, 2.75) is 6.92 Å². The smallest absolute Gasteiger partial charge is 0.340 e. The molecule has 0 saturated heterocycles. The quantitative estimate of drug-likeness (QED) is 0.180. The zero-order valence-corrected chi connectivity index (χ0v) is 19.3. The Kier molecular flexibility index (Phi) is 5.80. The molecule has 0 amide bonds. The summed E-state index contributed by atoms with van der Waals surface area (Å²) in [7, 11) is 0. The van der Waals surface area contributed by atoms with Crippen molar-refractivity contribution in [3.05, 3.63) is 82.5 Å². The molecule has 3 aromatic carbocycles. The molecule has 2 N–H and O–H groups in total. The monoisotopic (exact) mass is 505 g/mol. The molecule has 0 unspecified atom stereocenters. The number of aromatic nitrogens is 4. The van der Waals surface area contributed by atoms with E-state index >= 15 is 0 Å². The predicted molar refractivity (Wildman–Crippen MR) is 129 cm³/mol. The SMILES string of the molecule is Cc1[nH]n2nc(-c3cccc(NCOCOC(=O)c4ccc5ccccc5c4)c3)nc2c1Br. The van der Waals surface area contributed by atoms with Gasteiger partial charge in [-0.3, -0.25) is 5.10 Å². The highest BCUT2D eigenvalue weighted by Gasteiger charge is 2.13. The van der Waals surface area contributed by atoms with Crippen LogP contribution in [-0.2, 0) is 9.47 Å². The number of aromatic amines is 1. The number of carbonyl (C=O) groups excluding carboxylic acids is 1. The van der Waals surface area contributed by atoms with Gasteiger partial charge in [0.1, 0.15) is 6.73 Å². The van der Waals surface area contributed by atoms with Gasteiger partial charge in [-0.25, -0.2) is 9.78 Å². The second kappa shape index (κ2) is 9.05. The summed E-state index contributed by atoms with van der Waals surface area (Å²) in [5.41, 5.74) is 3.89. The van der Waals surface area contributed by atoms with E-state index < -0.39 is 5.97 Å². The van der Waals surface area contributed by atoms with Crippen LogP contribution in [0, 0.1) is 6.92 Å². The maximum absolute atomic E-state index is 12.3. The van der Waals surface area contributed by atoms with Crippen molar-refractivity contribution in [2.75, 3.05) is 18.8 Å². The number of aryl methyl sites for hydroxylation is 1. The number of H-pyrrole nitrogens is 1. The lowest BCUT2D eigenvalue weighted by atomic mass is 10.1. The van der Waals surface area contributed by atoms with Crippen LogP contribution < -0.4 is 5.32 Å². The second-order valence-electron chi connectivity index (χ2n) is 7.44. The van der Waals surface area contributed by atoms with Crippen molar-refractivity contribution < 1.29 is 14.3 Å². The van der Waals surface area contributed by atoms with E-state index in [2.05, 4.69) is 36.4 Å². The van der Waals surface area contributed by atoms with Crippen LogP contribution in [0.2, 0.25) is 0 Å². The summed E-state index contributed by atoms with van der Waals surface area (Å²) in [6.07, 6.45) is 0. The number of esters is 1. The standard InChI is InChI=1S/C24H20BrN5O3/c1-15-21(25)23-27-22(29-30(23)28-15)18-7-4-8-20(12-18)26-13-32-14-33-24(31)19-10-9-16-5-2-3-6-17(16)11-19/h2-12,26,28H,13-14H2,1H3. The Morgan fingerprint density at radius 1 is 1.09 bits per heavy atom. The highest BCUT2D eigenvalue weighted by molar-refractivity contribution is 9.10. The molecule has 166 valence electrons. The van der Waals surface area contributed by atoms with E-state index in [4.69, 9.17) is 9.47 Å². The van der Waals surface area contributed by atoms with E-state index in [0.717, 1.165) is 37.8 Å². The summed E-state index contributed by atoms with van der Waals surface area (Å²) in [5, 5.41) is 12.8. The summed E-state index contributed by atoms with van der Waals surface area (Å²) >= 11 is 3.52. The molecule has 0 aliphatic rings. The first-order chi connectivity index (χ1) is 16.1. The number of anilines is 1. The van der Waals surface area contributed by atoms with Crippen molar-refractivity contribution in [2.24, 2.45) is 0 Å². The molecule has 0 atom stereocenters. The summed E-state index contributed by atoms with van der Waals surface area (Å²) in [6.45, 7) is 1.97. The molecule has 33 heavy (non-hydrogen) atoms. The fourth-order valence-electron chi connectivity index (χ4n) is 3.47. The fourth-order valence-corrected chi connectivity index (χ4v) is 3.81. The Bertz CT molecular complexity index is 1460. The van der Waals surface area contributed by atoms with Crippen molar-refractivity contribution in [1.82, 2.24) is 19.8 Å². The minimum Gasteiger partial charge on any atom is -0.435 e. The molecule has 2 aromatic heterocycles. The first-order valence-electron chi connectivity index (χ1n) is 10.3. The lowest BCUT2D eigenvalue weighted by Gasteiger charge is -2.09. The first-order valence-corrected chi connectivity index (χ1v) is 11.1. The Hall–Kier alpha value is -3.69. The van der Waals surface area contributed by atoms with Gasteiger partial charge in [0, 0.05) is 16.9 Å². The molecule has 0 saturated carbocycles. The molecule has 2 heterocycles. The van der Waals surface area contributed by atoms with Crippen LogP contribution in [0.4, 0.5) is 5.69 Å². The zero-order valence-electron chi connectivity index (χ0n) is 17.7. The summed E-state index contributed by atoms with van der Waals surface area (Å²) in [6, 6.07) is 21.0. The van der Waals surface area contributed by atoms with E-state index in [-0.39, 0.29) is 13.5 Å². The normalized spacial score (nSPS) is 11.2. The fraction of sp³-hybridized carbons (Fsp3) is 0.125. The number of fused-ring (bicyclic) bond motifs is 2. The summed E-state index contributed by atoms with van der Waals surface area (Å²) in [5.74, 6) is 0.182. The molecule has 0 bridgehead atoms. The number of hydrogen-bond acceptors (Lipinski definition) is 6. The van der Waals surface area contributed by atoms with Crippen LogP contribution in [0.1, 0.15) is 16.1 Å². The van der Waals surface area contributed by atoms with Gasteiger partial charge >= 0.3 is 5.97 Å². The van der Waals surface area contributed by atoms with E-state index in [1.165, 1.54) is 0 Å². The van der Waals surface area contributed by atoms with Crippen LogP contribution in [-0.4, -0.2) is 39.3 Å². The van der Waals surface area contributed by atoms with Crippen LogP contribution in [0.25, 0.3) is 27.8 Å². The van der Waals surface area contributed by atoms with Gasteiger partial charge in [0.25, 0.3) is 0 Å². The highest BCUT2D eigenvalue weighted by atomic mass is 79.9. The summed E-state index contributed by atoms with van der Waals surface area (Å²) < 4.78 is 13.2.